The maximum absolute atomic E-state index is 11.8. The van der Waals surface area contributed by atoms with E-state index in [-0.39, 0.29) is 17.1 Å². The monoisotopic (exact) mass is 266 g/mol. The van der Waals surface area contributed by atoms with Crippen LogP contribution in [-0.4, -0.2) is 32.4 Å². The molecule has 2 heterocycles. The molecule has 1 atom stereocenters. The summed E-state index contributed by atoms with van der Waals surface area (Å²) in [5, 5.41) is 0.0894. The maximum Gasteiger partial charge on any atom is 0.246 e. The maximum atomic E-state index is 11.8. The number of Topliss-reactive ketones (excluding diaryl/α,β-unsaturated/α-hetero) is 1. The fraction of sp³-hybridized carbons (Fsp3) is 0.455. The molecule has 1 aliphatic rings. The van der Waals surface area contributed by atoms with Gasteiger partial charge in [-0.1, -0.05) is 0 Å². The van der Waals surface area contributed by atoms with Gasteiger partial charge in [-0.3, -0.25) is 4.79 Å². The van der Waals surface area contributed by atoms with Crippen molar-refractivity contribution in [1.82, 2.24) is 19.5 Å². The summed E-state index contributed by atoms with van der Waals surface area (Å²) >= 11 is 5.85. The van der Waals surface area contributed by atoms with Gasteiger partial charge in [-0.05, 0) is 24.4 Å². The molecule has 0 N–H and O–H groups in total. The number of carbonyl (C=O) groups is 1. The molecule has 1 fully saturated rings. The minimum Gasteiger partial charge on any atom is -0.479 e. The van der Waals surface area contributed by atoms with Crippen molar-refractivity contribution in [1.29, 1.82) is 0 Å². The molecule has 0 spiro atoms. The molecule has 7 heteroatoms. The van der Waals surface area contributed by atoms with E-state index in [4.69, 9.17) is 16.3 Å². The molecule has 18 heavy (non-hydrogen) atoms. The van der Waals surface area contributed by atoms with Gasteiger partial charge in [0.2, 0.25) is 11.2 Å². The number of imidazole rings is 1. The van der Waals surface area contributed by atoms with Gasteiger partial charge < -0.3 is 9.30 Å². The highest BCUT2D eigenvalue weighted by Crippen LogP contribution is 2.31. The van der Waals surface area contributed by atoms with Gasteiger partial charge in [0.1, 0.15) is 0 Å². The van der Waals surface area contributed by atoms with Crippen molar-refractivity contribution in [2.45, 2.75) is 25.3 Å². The van der Waals surface area contributed by atoms with Crippen LogP contribution in [0.5, 0.6) is 5.88 Å². The number of halogens is 1. The first-order chi connectivity index (χ1) is 8.70. The van der Waals surface area contributed by atoms with E-state index in [1.807, 2.05) is 0 Å². The lowest BCUT2D eigenvalue weighted by Crippen LogP contribution is -2.13. The molecule has 2 aromatic heterocycles. The van der Waals surface area contributed by atoms with Crippen LogP contribution in [0, 0.1) is 0 Å². The van der Waals surface area contributed by atoms with Crippen LogP contribution in [0.4, 0.5) is 0 Å². The minimum absolute atomic E-state index is 0.0894. The Morgan fingerprint density at radius 3 is 3.00 bits per heavy atom. The van der Waals surface area contributed by atoms with E-state index in [1.54, 1.807) is 10.9 Å². The van der Waals surface area contributed by atoms with Crippen LogP contribution in [0.15, 0.2) is 6.33 Å². The van der Waals surface area contributed by atoms with Gasteiger partial charge in [-0.2, -0.15) is 9.97 Å². The lowest BCUT2D eigenvalue weighted by atomic mass is 10.2. The van der Waals surface area contributed by atoms with Crippen molar-refractivity contribution in [3.05, 3.63) is 11.6 Å². The van der Waals surface area contributed by atoms with Gasteiger partial charge in [-0.25, -0.2) is 4.98 Å². The Bertz CT molecular complexity index is 625. The summed E-state index contributed by atoms with van der Waals surface area (Å²) in [4.78, 5) is 24.1. The average Bonchev–Trinajstić information content (AvgIpc) is 2.93. The quantitative estimate of drug-likeness (QED) is 0.775. The van der Waals surface area contributed by atoms with Gasteiger partial charge in [0.05, 0.1) is 19.5 Å². The second-order valence-corrected chi connectivity index (χ2v) is 4.54. The molecule has 94 valence electrons. The number of methoxy groups -OCH3 is 1. The molecule has 1 aliphatic carbocycles. The van der Waals surface area contributed by atoms with Crippen LogP contribution in [0.2, 0.25) is 5.28 Å². The summed E-state index contributed by atoms with van der Waals surface area (Å²) in [7, 11) is 1.50. The molecule has 0 bridgehead atoms. The van der Waals surface area contributed by atoms with Gasteiger partial charge in [-0.15, -0.1) is 0 Å². The number of ketones is 1. The van der Waals surface area contributed by atoms with E-state index in [0.717, 1.165) is 12.8 Å². The van der Waals surface area contributed by atoms with Gasteiger partial charge in [0.15, 0.2) is 16.9 Å². The van der Waals surface area contributed by atoms with Crippen LogP contribution in [0.1, 0.15) is 25.3 Å². The number of nitrogens with zero attached hydrogens (tertiary/aromatic N) is 4. The Morgan fingerprint density at radius 1 is 1.50 bits per heavy atom. The van der Waals surface area contributed by atoms with Gasteiger partial charge >= 0.3 is 0 Å². The molecule has 0 amide bonds. The summed E-state index contributed by atoms with van der Waals surface area (Å²) in [6, 6.07) is -0.189. The molecule has 6 nitrogen and oxygen atoms in total. The largest absolute Gasteiger partial charge is 0.479 e. The van der Waals surface area contributed by atoms with Crippen LogP contribution >= 0.6 is 11.6 Å². The molecule has 0 aliphatic heterocycles. The van der Waals surface area contributed by atoms with E-state index < -0.39 is 0 Å². The molecule has 2 aromatic rings. The summed E-state index contributed by atoms with van der Waals surface area (Å²) < 4.78 is 6.88. The number of hydrogen-bond acceptors (Lipinski definition) is 5. The molecule has 1 unspecified atom stereocenters. The van der Waals surface area contributed by atoms with Crippen molar-refractivity contribution < 1.29 is 9.53 Å². The molecule has 0 saturated heterocycles. The minimum atomic E-state index is -0.189. The highest BCUT2D eigenvalue weighted by molar-refractivity contribution is 6.28. The smallest absolute Gasteiger partial charge is 0.246 e. The van der Waals surface area contributed by atoms with Gasteiger partial charge in [0, 0.05) is 6.42 Å². The number of hydrogen-bond donors (Lipinski definition) is 0. The second-order valence-electron chi connectivity index (χ2n) is 4.20. The van der Waals surface area contributed by atoms with Crippen molar-refractivity contribution in [3.8, 4) is 5.88 Å². The Morgan fingerprint density at radius 2 is 2.33 bits per heavy atom. The van der Waals surface area contributed by atoms with Crippen LogP contribution in [0.25, 0.3) is 11.2 Å². The third-order valence-electron chi connectivity index (χ3n) is 3.16. The van der Waals surface area contributed by atoms with Crippen molar-refractivity contribution in [3.63, 3.8) is 0 Å². The SMILES string of the molecule is COc1nc(Cl)nc2c1ncn2C1CCCC1=O. The number of rotatable bonds is 2. The Balaban J connectivity index is 2.19. The molecular formula is C11H11ClN4O2. The second kappa shape index (κ2) is 4.20. The van der Waals surface area contributed by atoms with E-state index in [2.05, 4.69) is 15.0 Å². The third kappa shape index (κ3) is 1.64. The fourth-order valence-corrected chi connectivity index (χ4v) is 2.48. The normalized spacial score (nSPS) is 19.7. The number of ether oxygens (including phenoxy) is 1. The highest BCUT2D eigenvalue weighted by atomic mass is 35.5. The van der Waals surface area contributed by atoms with Crippen molar-refractivity contribution >= 4 is 28.5 Å². The Kier molecular flexibility index (Phi) is 2.66. The predicted molar refractivity (Wildman–Crippen MR) is 64.8 cm³/mol. The standard InChI is InChI=1S/C11H11ClN4O2/c1-18-10-8-9(14-11(12)15-10)16(5-13-8)6-3-2-4-7(6)17/h5-6H,2-4H2,1H3. The van der Waals surface area contributed by atoms with Crippen molar-refractivity contribution in [2.75, 3.05) is 7.11 Å². The molecule has 1 saturated carbocycles. The summed E-state index contributed by atoms with van der Waals surface area (Å²) in [5.74, 6) is 0.539. The molecule has 0 aromatic carbocycles. The zero-order valence-corrected chi connectivity index (χ0v) is 10.5. The number of fused-ring (bicyclic) bond motifs is 1. The first-order valence-electron chi connectivity index (χ1n) is 5.67. The van der Waals surface area contributed by atoms with Crippen LogP contribution in [0.3, 0.4) is 0 Å². The average molecular weight is 267 g/mol. The summed E-state index contributed by atoms with van der Waals surface area (Å²) in [6.45, 7) is 0. The summed E-state index contributed by atoms with van der Waals surface area (Å²) in [5.41, 5.74) is 1.08. The van der Waals surface area contributed by atoms with E-state index in [9.17, 15) is 4.79 Å². The Labute approximate surface area is 108 Å². The van der Waals surface area contributed by atoms with Crippen LogP contribution in [-0.2, 0) is 4.79 Å². The fourth-order valence-electron chi connectivity index (χ4n) is 2.33. The molecule has 3 rings (SSSR count). The first-order valence-corrected chi connectivity index (χ1v) is 6.05. The number of aromatic nitrogens is 4. The first kappa shape index (κ1) is 11.4. The van der Waals surface area contributed by atoms with Crippen molar-refractivity contribution in [2.24, 2.45) is 0 Å². The zero-order chi connectivity index (χ0) is 12.7. The van der Waals surface area contributed by atoms with Crippen LogP contribution < -0.4 is 4.74 Å². The number of carbonyl (C=O) groups excluding carboxylic acids is 1. The zero-order valence-electron chi connectivity index (χ0n) is 9.76. The lowest BCUT2D eigenvalue weighted by molar-refractivity contribution is -0.120. The predicted octanol–water partition coefficient (Wildman–Crippen LogP) is 1.78. The van der Waals surface area contributed by atoms with E-state index in [1.165, 1.54) is 7.11 Å². The van der Waals surface area contributed by atoms with E-state index in [0.29, 0.717) is 23.5 Å². The van der Waals surface area contributed by atoms with E-state index >= 15 is 0 Å². The Hall–Kier alpha value is -1.69. The lowest BCUT2D eigenvalue weighted by Gasteiger charge is -2.10. The van der Waals surface area contributed by atoms with Gasteiger partial charge in [0.25, 0.3) is 0 Å². The topological polar surface area (TPSA) is 69.9 Å². The highest BCUT2D eigenvalue weighted by Gasteiger charge is 2.28. The molecular weight excluding hydrogens is 256 g/mol. The summed E-state index contributed by atoms with van der Waals surface area (Å²) in [6.07, 6.45) is 3.93. The third-order valence-corrected chi connectivity index (χ3v) is 3.33. The molecule has 0 radical (unpaired) electrons.